The van der Waals surface area contributed by atoms with Crippen LogP contribution >= 0.6 is 0 Å². The molecule has 0 bridgehead atoms. The fourth-order valence-electron chi connectivity index (χ4n) is 8.85. The van der Waals surface area contributed by atoms with Gasteiger partial charge in [0, 0.05) is 18.3 Å². The summed E-state index contributed by atoms with van der Waals surface area (Å²) in [6, 6.07) is 0. The Kier molecular flexibility index (Phi) is 4.75. The maximum absolute atomic E-state index is 13.4. The first kappa shape index (κ1) is 19.8. The quantitative estimate of drug-likeness (QED) is 0.623. The molecule has 0 aliphatic heterocycles. The molecule has 0 spiro atoms. The molecule has 4 aliphatic rings. The van der Waals surface area contributed by atoms with Crippen LogP contribution < -0.4 is 0 Å². The molecule has 29 heavy (non-hydrogen) atoms. The van der Waals surface area contributed by atoms with E-state index in [0.717, 1.165) is 41.8 Å². The van der Waals surface area contributed by atoms with Crippen molar-refractivity contribution in [1.82, 2.24) is 9.55 Å². The maximum atomic E-state index is 13.4. The topological polar surface area (TPSA) is 34.9 Å². The molecule has 4 fully saturated rings. The summed E-state index contributed by atoms with van der Waals surface area (Å²) in [4.78, 5) is 17.7. The minimum atomic E-state index is 0.234. The number of imidazole rings is 1. The molecule has 0 radical (unpaired) electrons. The van der Waals surface area contributed by atoms with E-state index >= 15 is 0 Å². The maximum Gasteiger partial charge on any atom is 0.156 e. The second-order valence-corrected chi connectivity index (χ2v) is 11.8. The third kappa shape index (κ3) is 2.97. The second-order valence-electron chi connectivity index (χ2n) is 11.8. The van der Waals surface area contributed by atoms with Crippen molar-refractivity contribution in [2.75, 3.05) is 0 Å². The van der Waals surface area contributed by atoms with E-state index in [0.29, 0.717) is 17.7 Å². The van der Waals surface area contributed by atoms with E-state index < -0.39 is 0 Å². The molecule has 0 N–H and O–H groups in total. The largest absolute Gasteiger partial charge is 0.328 e. The Morgan fingerprint density at radius 3 is 2.59 bits per heavy atom. The van der Waals surface area contributed by atoms with Crippen LogP contribution in [0.4, 0.5) is 0 Å². The van der Waals surface area contributed by atoms with Crippen molar-refractivity contribution in [3.8, 4) is 0 Å². The van der Waals surface area contributed by atoms with Crippen LogP contribution in [0.15, 0.2) is 12.4 Å². The van der Waals surface area contributed by atoms with Crippen molar-refractivity contribution in [3.05, 3.63) is 18.2 Å². The zero-order valence-corrected chi connectivity index (χ0v) is 19.0. The first-order valence-electron chi connectivity index (χ1n) is 12.3. The molecule has 3 heteroatoms. The van der Waals surface area contributed by atoms with Crippen LogP contribution in [0.1, 0.15) is 84.4 Å². The van der Waals surface area contributed by atoms with E-state index in [9.17, 15) is 4.79 Å². The Bertz CT molecular complexity index is 783. The Morgan fingerprint density at radius 2 is 1.83 bits per heavy atom. The van der Waals surface area contributed by atoms with Gasteiger partial charge < -0.3 is 4.57 Å². The smallest absolute Gasteiger partial charge is 0.156 e. The summed E-state index contributed by atoms with van der Waals surface area (Å²) in [6.45, 7) is 10.1. The zero-order chi connectivity index (χ0) is 20.4. The highest BCUT2D eigenvalue weighted by atomic mass is 16.1. The monoisotopic (exact) mass is 396 g/mol. The minimum absolute atomic E-state index is 0.234. The van der Waals surface area contributed by atoms with Crippen LogP contribution in [-0.4, -0.2) is 15.3 Å². The molecule has 0 amide bonds. The number of carbonyl (C=O) groups excluding carboxylic acids is 1. The van der Waals surface area contributed by atoms with Crippen molar-refractivity contribution in [3.63, 3.8) is 0 Å². The van der Waals surface area contributed by atoms with E-state index in [1.807, 2.05) is 23.9 Å². The van der Waals surface area contributed by atoms with Crippen molar-refractivity contribution >= 4 is 5.78 Å². The number of nitrogens with zero attached hydrogens (tertiary/aromatic N) is 2. The van der Waals surface area contributed by atoms with Crippen LogP contribution in [0.5, 0.6) is 0 Å². The highest BCUT2D eigenvalue weighted by Gasteiger charge is 2.60. The van der Waals surface area contributed by atoms with E-state index in [4.69, 9.17) is 0 Å². The molecule has 8 unspecified atom stereocenters. The predicted molar refractivity (Wildman–Crippen MR) is 116 cm³/mol. The Balaban J connectivity index is 1.36. The lowest BCUT2D eigenvalue weighted by Crippen LogP contribution is -2.53. The molecular formula is C26H40N2O. The number of aryl methyl sites for hydroxylation is 1. The third-order valence-electron chi connectivity index (χ3n) is 10.6. The standard InChI is InChI=1S/C26H40N2O/c1-17-9-11-25(3)19(15-17)5-6-20-21-7-8-23(26(21,4)12-10-22(20)25)24(29)16-28-14-13-27-18(28)2/h13-14,17,19-23H,5-12,15-16H2,1-4H3. The van der Waals surface area contributed by atoms with Gasteiger partial charge in [-0.1, -0.05) is 27.2 Å². The fourth-order valence-corrected chi connectivity index (χ4v) is 8.85. The number of fused-ring (bicyclic) bond motifs is 5. The van der Waals surface area contributed by atoms with E-state index in [2.05, 4.69) is 25.8 Å². The number of hydrogen-bond donors (Lipinski definition) is 0. The lowest BCUT2D eigenvalue weighted by atomic mass is 9.44. The number of hydrogen-bond acceptors (Lipinski definition) is 2. The highest BCUT2D eigenvalue weighted by molar-refractivity contribution is 5.82. The van der Waals surface area contributed by atoms with Crippen molar-refractivity contribution < 1.29 is 4.79 Å². The molecule has 1 heterocycles. The molecular weight excluding hydrogens is 356 g/mol. The molecule has 8 atom stereocenters. The molecule has 0 aromatic carbocycles. The zero-order valence-electron chi connectivity index (χ0n) is 19.0. The van der Waals surface area contributed by atoms with Gasteiger partial charge >= 0.3 is 0 Å². The fraction of sp³-hybridized carbons (Fsp3) is 0.846. The molecule has 1 aromatic heterocycles. The molecule has 5 rings (SSSR count). The average Bonchev–Trinajstić information content (AvgIpc) is 3.25. The first-order valence-corrected chi connectivity index (χ1v) is 12.3. The van der Waals surface area contributed by atoms with Crippen LogP contribution in [0.3, 0.4) is 0 Å². The minimum Gasteiger partial charge on any atom is -0.328 e. The lowest BCUT2D eigenvalue weighted by Gasteiger charge is -2.61. The average molecular weight is 397 g/mol. The molecule has 4 saturated carbocycles. The van der Waals surface area contributed by atoms with Gasteiger partial charge in [-0.05, 0) is 98.7 Å². The normalized spacial score (nSPS) is 46.6. The molecule has 0 saturated heterocycles. The van der Waals surface area contributed by atoms with Gasteiger partial charge in [-0.15, -0.1) is 0 Å². The first-order chi connectivity index (χ1) is 13.8. The summed E-state index contributed by atoms with van der Waals surface area (Å²) in [5, 5.41) is 0. The Morgan fingerprint density at radius 1 is 1.07 bits per heavy atom. The van der Waals surface area contributed by atoms with Gasteiger partial charge in [0.05, 0.1) is 6.54 Å². The number of rotatable bonds is 3. The summed E-state index contributed by atoms with van der Waals surface area (Å²) in [5.41, 5.74) is 0.810. The van der Waals surface area contributed by atoms with Gasteiger partial charge in [0.1, 0.15) is 5.82 Å². The molecule has 3 nitrogen and oxygen atoms in total. The third-order valence-corrected chi connectivity index (χ3v) is 10.6. The summed E-state index contributed by atoms with van der Waals surface area (Å²) in [6.07, 6.45) is 16.1. The van der Waals surface area contributed by atoms with Gasteiger partial charge in [0.2, 0.25) is 0 Å². The SMILES string of the molecule is Cc1nccn1CC(=O)C1CCC2C3CCC4CC(C)CCC4(C)C3CCC12C. The summed E-state index contributed by atoms with van der Waals surface area (Å²) >= 11 is 0. The van der Waals surface area contributed by atoms with Gasteiger partial charge in [-0.3, -0.25) is 4.79 Å². The number of aromatic nitrogens is 2. The van der Waals surface area contributed by atoms with Crippen LogP contribution in [0.2, 0.25) is 0 Å². The summed E-state index contributed by atoms with van der Waals surface area (Å²) in [5.74, 6) is 6.12. The number of ketones is 1. The van der Waals surface area contributed by atoms with E-state index in [-0.39, 0.29) is 11.3 Å². The van der Waals surface area contributed by atoms with Crippen molar-refractivity contribution in [2.45, 2.75) is 92.0 Å². The van der Waals surface area contributed by atoms with Crippen molar-refractivity contribution in [1.29, 1.82) is 0 Å². The Labute approximate surface area is 177 Å². The van der Waals surface area contributed by atoms with Gasteiger partial charge in [0.25, 0.3) is 0 Å². The van der Waals surface area contributed by atoms with Gasteiger partial charge in [-0.25, -0.2) is 4.98 Å². The highest BCUT2D eigenvalue weighted by Crippen LogP contribution is 2.67. The predicted octanol–water partition coefficient (Wildman–Crippen LogP) is 6.06. The van der Waals surface area contributed by atoms with Gasteiger partial charge in [-0.2, -0.15) is 0 Å². The number of Topliss-reactive ketones (excluding diaryl/α,β-unsaturated/α-hetero) is 1. The lowest BCUT2D eigenvalue weighted by molar-refractivity contribution is -0.137. The van der Waals surface area contributed by atoms with Gasteiger partial charge in [0.15, 0.2) is 5.78 Å². The molecule has 1 aromatic rings. The van der Waals surface area contributed by atoms with Crippen LogP contribution in [0, 0.1) is 53.3 Å². The summed E-state index contributed by atoms with van der Waals surface area (Å²) < 4.78 is 2.04. The molecule has 4 aliphatic carbocycles. The van der Waals surface area contributed by atoms with E-state index in [1.165, 1.54) is 51.4 Å². The second kappa shape index (κ2) is 6.95. The van der Waals surface area contributed by atoms with Crippen molar-refractivity contribution in [2.24, 2.45) is 46.3 Å². The van der Waals surface area contributed by atoms with Crippen LogP contribution in [0.25, 0.3) is 0 Å². The summed E-state index contributed by atoms with van der Waals surface area (Å²) in [7, 11) is 0. The van der Waals surface area contributed by atoms with E-state index in [1.54, 1.807) is 0 Å². The van der Waals surface area contributed by atoms with Crippen LogP contribution in [-0.2, 0) is 11.3 Å². The number of carbonyl (C=O) groups is 1. The Hall–Kier alpha value is -1.12. The molecule has 160 valence electrons.